The predicted octanol–water partition coefficient (Wildman–Crippen LogP) is 4.35. The lowest BCUT2D eigenvalue weighted by Crippen LogP contribution is -2.22. The van der Waals surface area contributed by atoms with E-state index in [-0.39, 0.29) is 5.57 Å². The minimum Gasteiger partial charge on any atom is -0.393 e. The topological polar surface area (TPSA) is 21.3 Å². The number of halogens is 2. The maximum absolute atomic E-state index is 12.8. The van der Waals surface area contributed by atoms with E-state index in [0.29, 0.717) is 0 Å². The highest BCUT2D eigenvalue weighted by atomic mass is 19.3. The van der Waals surface area contributed by atoms with Crippen molar-refractivity contribution < 1.29 is 13.5 Å². The average molecular weight is 251 g/mol. The second-order valence-corrected chi connectivity index (χ2v) is 2.82. The van der Waals surface area contributed by atoms with Crippen LogP contribution >= 0.6 is 0 Å². The molecule has 0 heterocycles. The van der Waals surface area contributed by atoms with Crippen molar-refractivity contribution in [3.8, 4) is 0 Å². The zero-order valence-corrected chi connectivity index (χ0v) is 12.1. The highest BCUT2D eigenvalue weighted by Gasteiger charge is 2.32. The molecule has 0 fully saturated rings. The number of methoxy groups -OCH3 is 1. The van der Waals surface area contributed by atoms with Gasteiger partial charge >= 0.3 is 6.11 Å². The van der Waals surface area contributed by atoms with E-state index < -0.39 is 6.11 Å². The quantitative estimate of drug-likeness (QED) is 0.750. The summed E-state index contributed by atoms with van der Waals surface area (Å²) in [7, 11) is 2.52. The first-order chi connectivity index (χ1) is 7.99. The third-order valence-corrected chi connectivity index (χ3v) is 1.24. The van der Waals surface area contributed by atoms with Crippen molar-refractivity contribution in [3.05, 3.63) is 23.9 Å². The molecule has 0 unspecified atom stereocenters. The predicted molar refractivity (Wildman–Crippen MR) is 71.2 cm³/mol. The minimum atomic E-state index is -3.23. The summed E-state index contributed by atoms with van der Waals surface area (Å²) in [5, 5.41) is 2.52. The highest BCUT2D eigenvalue weighted by molar-refractivity contribution is 5.22. The van der Waals surface area contributed by atoms with Crippen molar-refractivity contribution in [1.82, 2.24) is 5.32 Å². The zero-order valence-electron chi connectivity index (χ0n) is 12.1. The monoisotopic (exact) mass is 251 g/mol. The summed E-state index contributed by atoms with van der Waals surface area (Å²) in [5.41, 5.74) is -0.199. The molecule has 17 heavy (non-hydrogen) atoms. The number of ether oxygens (including phenoxy) is 1. The van der Waals surface area contributed by atoms with Gasteiger partial charge in [-0.05, 0) is 6.92 Å². The highest BCUT2D eigenvalue weighted by Crippen LogP contribution is 2.24. The normalized spacial score (nSPS) is 11.2. The van der Waals surface area contributed by atoms with E-state index >= 15 is 0 Å². The second-order valence-electron chi connectivity index (χ2n) is 2.82. The standard InChI is InChI=1S/C8H13F2NO.C3H8.C2H6/c1-4-5-7(6-11-2)8(9,10)12-3;1-3-2;1-2/h4-6,11H,1-3H3;3H2,1-2H3;1-2H3/b5-4-,7-6+;;. The summed E-state index contributed by atoms with van der Waals surface area (Å²) in [5.74, 6) is 0. The van der Waals surface area contributed by atoms with Crippen LogP contribution < -0.4 is 5.32 Å². The Labute approximate surface area is 105 Å². The lowest BCUT2D eigenvalue weighted by molar-refractivity contribution is -0.187. The maximum atomic E-state index is 12.8. The number of hydrogen-bond donors (Lipinski definition) is 1. The number of alkyl halides is 2. The average Bonchev–Trinajstić information content (AvgIpc) is 2.32. The van der Waals surface area contributed by atoms with E-state index in [1.165, 1.54) is 24.8 Å². The summed E-state index contributed by atoms with van der Waals surface area (Å²) in [6.45, 7) is 9.91. The maximum Gasteiger partial charge on any atom is 0.384 e. The van der Waals surface area contributed by atoms with Gasteiger partial charge < -0.3 is 10.1 Å². The van der Waals surface area contributed by atoms with E-state index in [9.17, 15) is 8.78 Å². The molecule has 0 aromatic rings. The molecular weight excluding hydrogens is 224 g/mol. The van der Waals surface area contributed by atoms with E-state index in [1.807, 2.05) is 13.8 Å². The first-order valence-corrected chi connectivity index (χ1v) is 5.93. The summed E-state index contributed by atoms with van der Waals surface area (Å²) in [6.07, 6.45) is 2.04. The molecule has 0 aliphatic rings. The number of rotatable bonds is 4. The van der Waals surface area contributed by atoms with Crippen LogP contribution in [-0.2, 0) is 4.74 Å². The number of hydrogen-bond acceptors (Lipinski definition) is 2. The summed E-state index contributed by atoms with van der Waals surface area (Å²) in [6, 6.07) is 0. The molecule has 0 aromatic heterocycles. The first-order valence-electron chi connectivity index (χ1n) is 5.93. The molecule has 0 aliphatic heterocycles. The summed E-state index contributed by atoms with van der Waals surface area (Å²) in [4.78, 5) is 0. The lowest BCUT2D eigenvalue weighted by Gasteiger charge is -2.14. The summed E-state index contributed by atoms with van der Waals surface area (Å²) >= 11 is 0. The molecule has 4 heteroatoms. The van der Waals surface area contributed by atoms with Gasteiger partial charge in [-0.1, -0.05) is 46.3 Å². The molecule has 2 nitrogen and oxygen atoms in total. The third-order valence-electron chi connectivity index (χ3n) is 1.24. The van der Waals surface area contributed by atoms with Gasteiger partial charge in [-0.25, -0.2) is 0 Å². The fraction of sp³-hybridized carbons (Fsp3) is 0.692. The molecule has 0 bridgehead atoms. The molecule has 0 amide bonds. The van der Waals surface area contributed by atoms with Crippen molar-refractivity contribution in [2.75, 3.05) is 14.2 Å². The largest absolute Gasteiger partial charge is 0.393 e. The SMILES string of the molecule is C/C=C\C(=C/NC)C(F)(F)OC.CC.CCC. The molecule has 0 spiro atoms. The van der Waals surface area contributed by atoms with Gasteiger partial charge in [0.2, 0.25) is 0 Å². The molecule has 0 saturated carbocycles. The van der Waals surface area contributed by atoms with Crippen LogP contribution in [-0.4, -0.2) is 20.3 Å². The van der Waals surface area contributed by atoms with Gasteiger partial charge in [0.05, 0.1) is 5.57 Å². The second kappa shape index (κ2) is 15.1. The van der Waals surface area contributed by atoms with E-state index in [4.69, 9.17) is 0 Å². The van der Waals surface area contributed by atoms with Gasteiger partial charge in [0.25, 0.3) is 0 Å². The van der Waals surface area contributed by atoms with Gasteiger partial charge in [-0.3, -0.25) is 0 Å². The first kappa shape index (κ1) is 21.4. The molecule has 104 valence electrons. The Hall–Kier alpha value is -0.900. The minimum absolute atomic E-state index is 0.199. The summed E-state index contributed by atoms with van der Waals surface area (Å²) < 4.78 is 29.6. The van der Waals surface area contributed by atoms with Crippen molar-refractivity contribution in [1.29, 1.82) is 0 Å². The van der Waals surface area contributed by atoms with Gasteiger partial charge in [0, 0.05) is 20.4 Å². The molecule has 0 radical (unpaired) electrons. The van der Waals surface area contributed by atoms with Crippen LogP contribution in [0.15, 0.2) is 23.9 Å². The van der Waals surface area contributed by atoms with Gasteiger partial charge in [0.15, 0.2) is 0 Å². The molecule has 0 atom stereocenters. The van der Waals surface area contributed by atoms with Crippen LogP contribution in [0.3, 0.4) is 0 Å². The number of allylic oxidation sites excluding steroid dienone is 1. The Morgan fingerprint density at radius 1 is 1.29 bits per heavy atom. The van der Waals surface area contributed by atoms with Gasteiger partial charge in [-0.15, -0.1) is 0 Å². The molecule has 0 aromatic carbocycles. The third kappa shape index (κ3) is 13.0. The zero-order chi connectivity index (χ0) is 14.3. The van der Waals surface area contributed by atoms with Crippen LogP contribution in [0, 0.1) is 0 Å². The molecule has 1 N–H and O–H groups in total. The fourth-order valence-electron chi connectivity index (χ4n) is 0.682. The van der Waals surface area contributed by atoms with Crippen molar-refractivity contribution >= 4 is 0 Å². The fourth-order valence-corrected chi connectivity index (χ4v) is 0.682. The molecular formula is C13H27F2NO. The van der Waals surface area contributed by atoms with Crippen LogP contribution in [0.4, 0.5) is 8.78 Å². The van der Waals surface area contributed by atoms with Crippen LogP contribution in [0.2, 0.25) is 0 Å². The van der Waals surface area contributed by atoms with Crippen LogP contribution in [0.25, 0.3) is 0 Å². The number of nitrogens with one attached hydrogen (secondary N) is 1. The smallest absolute Gasteiger partial charge is 0.384 e. The van der Waals surface area contributed by atoms with Crippen molar-refractivity contribution in [3.63, 3.8) is 0 Å². The van der Waals surface area contributed by atoms with Gasteiger partial charge in [-0.2, -0.15) is 8.78 Å². The Bertz CT molecular complexity index is 202. The Kier molecular flexibility index (Phi) is 19.0. The van der Waals surface area contributed by atoms with Crippen LogP contribution in [0.5, 0.6) is 0 Å². The molecule has 0 aliphatic carbocycles. The lowest BCUT2D eigenvalue weighted by atomic mass is 10.2. The van der Waals surface area contributed by atoms with E-state index in [2.05, 4.69) is 23.9 Å². The Morgan fingerprint density at radius 3 is 1.94 bits per heavy atom. The Balaban J connectivity index is -0.000000337. The van der Waals surface area contributed by atoms with Crippen molar-refractivity contribution in [2.24, 2.45) is 0 Å². The van der Waals surface area contributed by atoms with Gasteiger partial charge in [0.1, 0.15) is 0 Å². The molecule has 0 rings (SSSR count). The van der Waals surface area contributed by atoms with Crippen LogP contribution in [0.1, 0.15) is 41.0 Å². The van der Waals surface area contributed by atoms with Crippen molar-refractivity contribution in [2.45, 2.75) is 47.1 Å². The molecule has 0 saturated heterocycles. The van der Waals surface area contributed by atoms with E-state index in [0.717, 1.165) is 7.11 Å². The Morgan fingerprint density at radius 2 is 1.71 bits per heavy atom. The van der Waals surface area contributed by atoms with E-state index in [1.54, 1.807) is 14.0 Å².